The van der Waals surface area contributed by atoms with Crippen LogP contribution in [0.5, 0.6) is 0 Å². The van der Waals surface area contributed by atoms with Crippen molar-refractivity contribution in [3.8, 4) is 0 Å². The fourth-order valence-corrected chi connectivity index (χ4v) is 2.91. The van der Waals surface area contributed by atoms with Crippen LogP contribution in [0.2, 0.25) is 0 Å². The highest BCUT2D eigenvalue weighted by molar-refractivity contribution is 14.0. The van der Waals surface area contributed by atoms with Crippen molar-refractivity contribution in [3.05, 3.63) is 57.8 Å². The Morgan fingerprint density at radius 3 is 2.41 bits per heavy atom. The molecule has 0 aliphatic heterocycles. The maximum Gasteiger partial charge on any atom is 0.411 e. The number of benzene rings is 1. The summed E-state index contributed by atoms with van der Waals surface area (Å²) < 4.78 is 40.8. The molecule has 4 nitrogen and oxygen atoms in total. The van der Waals surface area contributed by atoms with Crippen LogP contribution in [0.25, 0.3) is 0 Å². The van der Waals surface area contributed by atoms with Crippen molar-refractivity contribution in [3.63, 3.8) is 0 Å². The molecule has 1 aromatic carbocycles. The summed E-state index contributed by atoms with van der Waals surface area (Å²) in [6.07, 6.45) is -3.36. The van der Waals surface area contributed by atoms with Gasteiger partial charge in [-0.25, -0.2) is 0 Å². The van der Waals surface area contributed by atoms with E-state index in [1.807, 2.05) is 18.2 Å². The number of nitrogens with one attached hydrogen (secondary N) is 2. The normalized spacial score (nSPS) is 11.8. The van der Waals surface area contributed by atoms with Gasteiger partial charge >= 0.3 is 6.18 Å². The average molecular weight is 513 g/mol. The number of hydrogen-bond donors (Lipinski definition) is 2. The average Bonchev–Trinajstić information content (AvgIpc) is 3.11. The van der Waals surface area contributed by atoms with Crippen LogP contribution in [0, 0.1) is 0 Å². The van der Waals surface area contributed by atoms with E-state index in [2.05, 4.69) is 31.8 Å². The first-order chi connectivity index (χ1) is 12.5. The Balaban J connectivity index is 0.00000364. The van der Waals surface area contributed by atoms with Gasteiger partial charge in [0, 0.05) is 25.0 Å². The first kappa shape index (κ1) is 23.7. The van der Waals surface area contributed by atoms with Crippen molar-refractivity contribution in [1.29, 1.82) is 0 Å². The monoisotopic (exact) mass is 513 g/mol. The Morgan fingerprint density at radius 1 is 1.11 bits per heavy atom. The molecule has 2 N–H and O–H groups in total. The van der Waals surface area contributed by atoms with E-state index in [9.17, 15) is 13.2 Å². The van der Waals surface area contributed by atoms with Crippen LogP contribution in [-0.4, -0.2) is 32.3 Å². The van der Waals surface area contributed by atoms with Crippen molar-refractivity contribution in [2.75, 3.05) is 20.2 Å². The van der Waals surface area contributed by atoms with Gasteiger partial charge in [0.1, 0.15) is 6.61 Å². The largest absolute Gasteiger partial charge is 0.411 e. The fraction of sp³-hybridized carbons (Fsp3) is 0.389. The standard InChI is InChI=1S/C18H22F3N3OS.HI/c1-22-17(23-9-8-16-3-2-10-26-16)24-11-14-4-6-15(7-5-14)12-25-13-18(19,20)21;/h2-7,10H,8-9,11-13H2,1H3,(H2,22,23,24);1H. The number of guanidine groups is 1. The van der Waals surface area contributed by atoms with Crippen LogP contribution in [0.15, 0.2) is 46.8 Å². The zero-order valence-electron chi connectivity index (χ0n) is 14.9. The number of rotatable bonds is 8. The van der Waals surface area contributed by atoms with E-state index >= 15 is 0 Å². The summed E-state index contributed by atoms with van der Waals surface area (Å²) in [6, 6.07) is 11.4. The molecule has 27 heavy (non-hydrogen) atoms. The summed E-state index contributed by atoms with van der Waals surface area (Å²) in [7, 11) is 1.71. The fourth-order valence-electron chi connectivity index (χ4n) is 2.20. The summed E-state index contributed by atoms with van der Waals surface area (Å²) >= 11 is 1.73. The van der Waals surface area contributed by atoms with Crippen molar-refractivity contribution in [2.24, 2.45) is 4.99 Å². The molecule has 9 heteroatoms. The van der Waals surface area contributed by atoms with Crippen LogP contribution in [-0.2, 0) is 24.3 Å². The predicted octanol–water partition coefficient (Wildman–Crippen LogP) is 4.35. The van der Waals surface area contributed by atoms with E-state index in [-0.39, 0.29) is 30.6 Å². The highest BCUT2D eigenvalue weighted by Gasteiger charge is 2.27. The smallest absolute Gasteiger partial charge is 0.367 e. The molecule has 150 valence electrons. The van der Waals surface area contributed by atoms with Gasteiger partial charge in [-0.2, -0.15) is 13.2 Å². The zero-order valence-corrected chi connectivity index (χ0v) is 18.0. The lowest BCUT2D eigenvalue weighted by Crippen LogP contribution is -2.37. The maximum atomic E-state index is 12.1. The minimum atomic E-state index is -4.30. The van der Waals surface area contributed by atoms with E-state index in [0.717, 1.165) is 18.5 Å². The molecule has 0 spiro atoms. The molecular weight excluding hydrogens is 490 g/mol. The van der Waals surface area contributed by atoms with Crippen LogP contribution in [0.4, 0.5) is 13.2 Å². The Morgan fingerprint density at radius 2 is 1.81 bits per heavy atom. The molecule has 0 saturated carbocycles. The van der Waals surface area contributed by atoms with Gasteiger partial charge in [-0.15, -0.1) is 35.3 Å². The van der Waals surface area contributed by atoms with E-state index in [0.29, 0.717) is 18.1 Å². The summed E-state index contributed by atoms with van der Waals surface area (Å²) in [5.74, 6) is 0.708. The van der Waals surface area contributed by atoms with Gasteiger partial charge < -0.3 is 15.4 Å². The second-order valence-corrected chi connectivity index (χ2v) is 6.64. The Labute approximate surface area is 178 Å². The van der Waals surface area contributed by atoms with Gasteiger partial charge in [0.2, 0.25) is 0 Å². The predicted molar refractivity (Wildman–Crippen MR) is 114 cm³/mol. The lowest BCUT2D eigenvalue weighted by molar-refractivity contribution is -0.176. The first-order valence-corrected chi connectivity index (χ1v) is 9.03. The van der Waals surface area contributed by atoms with Gasteiger partial charge in [0.05, 0.1) is 6.61 Å². The molecule has 0 fully saturated rings. The summed E-state index contributed by atoms with van der Waals surface area (Å²) in [6.45, 7) is 0.0704. The quantitative estimate of drug-likeness (QED) is 0.314. The van der Waals surface area contributed by atoms with E-state index in [1.165, 1.54) is 4.88 Å². The Kier molecular flexibility index (Phi) is 10.7. The highest BCUT2D eigenvalue weighted by atomic mass is 127. The third-order valence-electron chi connectivity index (χ3n) is 3.48. The summed E-state index contributed by atoms with van der Waals surface area (Å²) in [5, 5.41) is 8.52. The van der Waals surface area contributed by atoms with Gasteiger partial charge in [-0.05, 0) is 29.0 Å². The number of alkyl halides is 3. The van der Waals surface area contributed by atoms with Crippen molar-refractivity contribution >= 4 is 41.3 Å². The van der Waals surface area contributed by atoms with Crippen LogP contribution >= 0.6 is 35.3 Å². The number of halogens is 4. The number of hydrogen-bond acceptors (Lipinski definition) is 3. The molecule has 2 rings (SSSR count). The third kappa shape index (κ3) is 9.96. The second-order valence-electron chi connectivity index (χ2n) is 5.61. The van der Waals surface area contributed by atoms with Gasteiger partial charge in [0.25, 0.3) is 0 Å². The molecule has 0 bridgehead atoms. The molecular formula is C18H23F3IN3OS. The van der Waals surface area contributed by atoms with Gasteiger partial charge in [-0.3, -0.25) is 4.99 Å². The van der Waals surface area contributed by atoms with Crippen molar-refractivity contribution < 1.29 is 17.9 Å². The van der Waals surface area contributed by atoms with Crippen LogP contribution in [0.3, 0.4) is 0 Å². The zero-order chi connectivity index (χ0) is 18.8. The molecule has 0 amide bonds. The number of aliphatic imine (C=N–C) groups is 1. The second kappa shape index (κ2) is 12.2. The lowest BCUT2D eigenvalue weighted by Gasteiger charge is -2.12. The highest BCUT2D eigenvalue weighted by Crippen LogP contribution is 2.15. The number of thiophene rings is 1. The van der Waals surface area contributed by atoms with Crippen molar-refractivity contribution in [2.45, 2.75) is 25.7 Å². The Bertz CT molecular complexity index is 676. The van der Waals surface area contributed by atoms with Gasteiger partial charge in [0.15, 0.2) is 5.96 Å². The SMILES string of the molecule is CN=C(NCCc1cccs1)NCc1ccc(COCC(F)(F)F)cc1.I. The van der Waals surface area contributed by atoms with E-state index in [1.54, 1.807) is 30.5 Å². The van der Waals surface area contributed by atoms with Crippen molar-refractivity contribution in [1.82, 2.24) is 10.6 Å². The maximum absolute atomic E-state index is 12.1. The Hall–Kier alpha value is -1.33. The summed E-state index contributed by atoms with van der Waals surface area (Å²) in [5.41, 5.74) is 1.71. The molecule has 0 saturated heterocycles. The molecule has 0 radical (unpaired) electrons. The first-order valence-electron chi connectivity index (χ1n) is 8.15. The van der Waals surface area contributed by atoms with Gasteiger partial charge in [-0.1, -0.05) is 30.3 Å². The molecule has 0 aliphatic rings. The molecule has 0 unspecified atom stereocenters. The molecule has 1 heterocycles. The topological polar surface area (TPSA) is 45.7 Å². The van der Waals surface area contributed by atoms with Crippen LogP contribution < -0.4 is 10.6 Å². The van der Waals surface area contributed by atoms with E-state index < -0.39 is 12.8 Å². The third-order valence-corrected chi connectivity index (χ3v) is 4.42. The minimum Gasteiger partial charge on any atom is -0.367 e. The van der Waals surface area contributed by atoms with Crippen LogP contribution in [0.1, 0.15) is 16.0 Å². The molecule has 0 atom stereocenters. The minimum absolute atomic E-state index is 0. The number of ether oxygens (including phenoxy) is 1. The van der Waals surface area contributed by atoms with E-state index in [4.69, 9.17) is 0 Å². The molecule has 0 aliphatic carbocycles. The molecule has 1 aromatic heterocycles. The molecule has 2 aromatic rings. The summed E-state index contributed by atoms with van der Waals surface area (Å²) in [4.78, 5) is 5.49. The number of nitrogens with zero attached hydrogens (tertiary/aromatic N) is 1. The lowest BCUT2D eigenvalue weighted by atomic mass is 10.1.